The number of anilines is 1. The molecule has 2 N–H and O–H groups in total. The van der Waals surface area contributed by atoms with Crippen molar-refractivity contribution in [2.24, 2.45) is 0 Å². The number of nitrogen functional groups attached to an aromatic ring is 1. The molecule has 3 nitrogen and oxygen atoms in total. The number of para-hydroxylation sites is 1. The van der Waals surface area contributed by atoms with Gasteiger partial charge in [0.25, 0.3) is 0 Å². The quantitative estimate of drug-likeness (QED) is 0.492. The van der Waals surface area contributed by atoms with Gasteiger partial charge in [0.2, 0.25) is 0 Å². The van der Waals surface area contributed by atoms with E-state index in [9.17, 15) is 4.79 Å². The fourth-order valence-corrected chi connectivity index (χ4v) is 1.90. The fraction of sp³-hybridized carbons (Fsp3) is 0.222. The minimum Gasteiger partial charge on any atom is -0.468 e. The summed E-state index contributed by atoms with van der Waals surface area (Å²) in [5, 5.41) is 0.500. The summed E-state index contributed by atoms with van der Waals surface area (Å²) in [6, 6.07) is 5.31. The Labute approximate surface area is 91.6 Å². The smallest absolute Gasteiger partial charge is 0.315 e. The van der Waals surface area contributed by atoms with E-state index in [2.05, 4.69) is 4.74 Å². The highest BCUT2D eigenvalue weighted by Crippen LogP contribution is 2.30. The average molecular weight is 232 g/mol. The molecule has 1 rings (SSSR count). The van der Waals surface area contributed by atoms with Crippen LogP contribution >= 0.6 is 23.4 Å². The first-order valence-corrected chi connectivity index (χ1v) is 5.25. The number of hydrogen-bond acceptors (Lipinski definition) is 4. The Morgan fingerprint density at radius 3 is 3.00 bits per heavy atom. The average Bonchev–Trinajstić information content (AvgIpc) is 2.20. The maximum Gasteiger partial charge on any atom is 0.315 e. The van der Waals surface area contributed by atoms with E-state index in [-0.39, 0.29) is 11.7 Å². The fourth-order valence-electron chi connectivity index (χ4n) is 0.839. The van der Waals surface area contributed by atoms with Crippen LogP contribution in [0.25, 0.3) is 0 Å². The van der Waals surface area contributed by atoms with Crippen molar-refractivity contribution in [2.45, 2.75) is 4.90 Å². The van der Waals surface area contributed by atoms with Crippen LogP contribution in [0.3, 0.4) is 0 Å². The zero-order valence-electron chi connectivity index (χ0n) is 7.62. The van der Waals surface area contributed by atoms with Gasteiger partial charge >= 0.3 is 5.97 Å². The highest BCUT2D eigenvalue weighted by Gasteiger charge is 2.06. The van der Waals surface area contributed by atoms with Crippen LogP contribution in [0, 0.1) is 0 Å². The molecule has 0 bridgehead atoms. The summed E-state index contributed by atoms with van der Waals surface area (Å²) in [5.41, 5.74) is 6.21. The third-order valence-electron chi connectivity index (χ3n) is 1.59. The molecule has 0 aliphatic heterocycles. The molecule has 0 amide bonds. The van der Waals surface area contributed by atoms with Gasteiger partial charge in [0.05, 0.1) is 23.6 Å². The summed E-state index contributed by atoms with van der Waals surface area (Å²) < 4.78 is 4.51. The van der Waals surface area contributed by atoms with Gasteiger partial charge in [-0.1, -0.05) is 17.7 Å². The molecular weight excluding hydrogens is 222 g/mol. The van der Waals surface area contributed by atoms with Crippen molar-refractivity contribution in [1.82, 2.24) is 0 Å². The largest absolute Gasteiger partial charge is 0.468 e. The van der Waals surface area contributed by atoms with E-state index >= 15 is 0 Å². The van der Waals surface area contributed by atoms with E-state index in [4.69, 9.17) is 17.3 Å². The summed E-state index contributed by atoms with van der Waals surface area (Å²) in [5.74, 6) is -0.0458. The van der Waals surface area contributed by atoms with Crippen molar-refractivity contribution in [1.29, 1.82) is 0 Å². The number of rotatable bonds is 3. The van der Waals surface area contributed by atoms with Crippen molar-refractivity contribution >= 4 is 35.0 Å². The first-order chi connectivity index (χ1) is 6.65. The summed E-state index contributed by atoms with van der Waals surface area (Å²) in [6.45, 7) is 0. The highest BCUT2D eigenvalue weighted by atomic mass is 35.5. The van der Waals surface area contributed by atoms with Gasteiger partial charge in [-0.25, -0.2) is 0 Å². The molecule has 0 heterocycles. The Hall–Kier alpha value is -0.870. The molecule has 0 fully saturated rings. The summed E-state index contributed by atoms with van der Waals surface area (Å²) >= 11 is 7.12. The predicted molar refractivity (Wildman–Crippen MR) is 58.6 cm³/mol. The lowest BCUT2D eigenvalue weighted by Gasteiger charge is -2.05. The van der Waals surface area contributed by atoms with Crippen LogP contribution in [0.1, 0.15) is 0 Å². The van der Waals surface area contributed by atoms with E-state index in [1.165, 1.54) is 18.9 Å². The van der Waals surface area contributed by atoms with Gasteiger partial charge in [-0.3, -0.25) is 4.79 Å². The third kappa shape index (κ3) is 2.82. The minimum atomic E-state index is -0.283. The Balaban J connectivity index is 2.68. The maximum absolute atomic E-state index is 10.9. The van der Waals surface area contributed by atoms with Crippen LogP contribution in [0.5, 0.6) is 0 Å². The van der Waals surface area contributed by atoms with Crippen molar-refractivity contribution in [2.75, 3.05) is 18.6 Å². The Bertz CT molecular complexity index is 344. The zero-order valence-corrected chi connectivity index (χ0v) is 9.19. The van der Waals surface area contributed by atoms with Crippen molar-refractivity contribution in [3.8, 4) is 0 Å². The predicted octanol–water partition coefficient (Wildman–Crippen LogP) is 2.19. The molecule has 1 aromatic carbocycles. The second-order valence-electron chi connectivity index (χ2n) is 2.52. The van der Waals surface area contributed by atoms with Crippen molar-refractivity contribution in [3.05, 3.63) is 23.2 Å². The van der Waals surface area contributed by atoms with Gasteiger partial charge < -0.3 is 10.5 Å². The number of benzene rings is 1. The second-order valence-corrected chi connectivity index (χ2v) is 3.94. The number of hydrogen-bond donors (Lipinski definition) is 1. The van der Waals surface area contributed by atoms with E-state index in [1.54, 1.807) is 12.1 Å². The summed E-state index contributed by atoms with van der Waals surface area (Å²) in [4.78, 5) is 11.7. The van der Waals surface area contributed by atoms with Crippen LogP contribution in [0.4, 0.5) is 5.69 Å². The number of halogens is 1. The van der Waals surface area contributed by atoms with E-state index in [0.29, 0.717) is 10.7 Å². The van der Waals surface area contributed by atoms with E-state index in [0.717, 1.165) is 4.90 Å². The van der Waals surface area contributed by atoms with Gasteiger partial charge in [0.1, 0.15) is 0 Å². The number of carbonyl (C=O) groups is 1. The molecule has 0 spiro atoms. The molecule has 14 heavy (non-hydrogen) atoms. The first kappa shape index (κ1) is 11.2. The number of thioether (sulfide) groups is 1. The SMILES string of the molecule is COC(=O)CSc1cccc(Cl)c1N. The highest BCUT2D eigenvalue weighted by molar-refractivity contribution is 8.00. The number of nitrogens with two attached hydrogens (primary N) is 1. The maximum atomic E-state index is 10.9. The molecule has 0 aliphatic rings. The molecule has 76 valence electrons. The first-order valence-electron chi connectivity index (χ1n) is 3.88. The van der Waals surface area contributed by atoms with Gasteiger partial charge in [-0.2, -0.15) is 0 Å². The number of esters is 1. The monoisotopic (exact) mass is 231 g/mol. The number of carbonyl (C=O) groups excluding carboxylic acids is 1. The normalized spacial score (nSPS) is 9.86. The van der Waals surface area contributed by atoms with E-state index in [1.807, 2.05) is 6.07 Å². The third-order valence-corrected chi connectivity index (χ3v) is 2.96. The molecule has 0 radical (unpaired) electrons. The summed E-state index contributed by atoms with van der Waals surface area (Å²) in [7, 11) is 1.35. The van der Waals surface area contributed by atoms with Gasteiger partial charge in [0.15, 0.2) is 0 Å². The molecule has 0 saturated carbocycles. The molecular formula is C9H10ClNO2S. The Morgan fingerprint density at radius 1 is 1.64 bits per heavy atom. The molecule has 0 aromatic heterocycles. The second kappa shape index (κ2) is 5.12. The van der Waals surface area contributed by atoms with Crippen LogP contribution in [0.15, 0.2) is 23.1 Å². The molecule has 0 unspecified atom stereocenters. The number of methoxy groups -OCH3 is 1. The van der Waals surface area contributed by atoms with Gasteiger partial charge in [0, 0.05) is 4.90 Å². The van der Waals surface area contributed by atoms with Crippen LogP contribution in [-0.4, -0.2) is 18.8 Å². The van der Waals surface area contributed by atoms with Crippen molar-refractivity contribution < 1.29 is 9.53 Å². The lowest BCUT2D eigenvalue weighted by molar-refractivity contribution is -0.137. The lowest BCUT2D eigenvalue weighted by Crippen LogP contribution is -2.03. The van der Waals surface area contributed by atoms with Crippen LogP contribution in [-0.2, 0) is 9.53 Å². The molecule has 0 atom stereocenters. The lowest BCUT2D eigenvalue weighted by atomic mass is 10.3. The minimum absolute atomic E-state index is 0.237. The van der Waals surface area contributed by atoms with E-state index < -0.39 is 0 Å². The number of ether oxygens (including phenoxy) is 1. The van der Waals surface area contributed by atoms with Crippen molar-refractivity contribution in [3.63, 3.8) is 0 Å². The van der Waals surface area contributed by atoms with Crippen LogP contribution in [0.2, 0.25) is 5.02 Å². The molecule has 0 saturated heterocycles. The van der Waals surface area contributed by atoms with Crippen LogP contribution < -0.4 is 5.73 Å². The molecule has 1 aromatic rings. The zero-order chi connectivity index (χ0) is 10.6. The Kier molecular flexibility index (Phi) is 4.10. The Morgan fingerprint density at radius 2 is 2.36 bits per heavy atom. The van der Waals surface area contributed by atoms with Gasteiger partial charge in [-0.15, -0.1) is 11.8 Å². The topological polar surface area (TPSA) is 52.3 Å². The standard InChI is InChI=1S/C9H10ClNO2S/c1-13-8(12)5-14-7-4-2-3-6(10)9(7)11/h2-4H,5,11H2,1H3. The molecule has 0 aliphatic carbocycles. The summed E-state index contributed by atoms with van der Waals surface area (Å²) in [6.07, 6.45) is 0. The van der Waals surface area contributed by atoms with Gasteiger partial charge in [-0.05, 0) is 12.1 Å². The molecule has 5 heteroatoms.